The summed E-state index contributed by atoms with van der Waals surface area (Å²) in [5, 5.41) is 3.26. The van der Waals surface area contributed by atoms with Crippen LogP contribution in [0.3, 0.4) is 0 Å². The van der Waals surface area contributed by atoms with Gasteiger partial charge in [-0.05, 0) is 30.9 Å². The molecular weight excluding hydrogens is 220 g/mol. The average Bonchev–Trinajstić information content (AvgIpc) is 3.19. The van der Waals surface area contributed by atoms with E-state index in [0.717, 1.165) is 18.2 Å². The summed E-state index contributed by atoms with van der Waals surface area (Å²) in [7, 11) is 2.91. The van der Waals surface area contributed by atoms with Crippen molar-refractivity contribution < 1.29 is 14.5 Å². The molecule has 0 bridgehead atoms. The normalized spacial score (nSPS) is 14.2. The van der Waals surface area contributed by atoms with E-state index in [1.54, 1.807) is 13.2 Å². The second-order valence-corrected chi connectivity index (χ2v) is 4.15. The van der Waals surface area contributed by atoms with E-state index >= 15 is 0 Å². The van der Waals surface area contributed by atoms with Crippen LogP contribution in [0.25, 0.3) is 0 Å². The van der Waals surface area contributed by atoms with Crippen molar-refractivity contribution in [3.8, 4) is 5.75 Å². The molecule has 17 heavy (non-hydrogen) atoms. The van der Waals surface area contributed by atoms with Gasteiger partial charge < -0.3 is 10.1 Å². The van der Waals surface area contributed by atoms with Gasteiger partial charge in [-0.1, -0.05) is 0 Å². The number of methoxy groups -OCH3 is 1. The predicted octanol–water partition coefficient (Wildman–Crippen LogP) is 2.49. The van der Waals surface area contributed by atoms with Crippen LogP contribution in [0.2, 0.25) is 0 Å². The van der Waals surface area contributed by atoms with Gasteiger partial charge in [0.05, 0.1) is 18.1 Å². The van der Waals surface area contributed by atoms with Gasteiger partial charge in [-0.2, -0.15) is 0 Å². The van der Waals surface area contributed by atoms with Crippen molar-refractivity contribution in [2.75, 3.05) is 26.1 Å². The van der Waals surface area contributed by atoms with Gasteiger partial charge in [-0.15, -0.1) is 0 Å². The second-order valence-electron chi connectivity index (χ2n) is 4.15. The lowest BCUT2D eigenvalue weighted by Crippen LogP contribution is -2.07. The minimum atomic E-state index is 0.438. The minimum absolute atomic E-state index is 0.438. The van der Waals surface area contributed by atoms with Gasteiger partial charge >= 0.3 is 5.69 Å². The number of ether oxygens (including phenoxy) is 1. The first-order valence-electron chi connectivity index (χ1n) is 5.68. The molecule has 92 valence electrons. The maximum atomic E-state index is 11.6. The van der Waals surface area contributed by atoms with Crippen LogP contribution in [0.5, 0.6) is 5.75 Å². The fourth-order valence-electron chi connectivity index (χ4n) is 1.61. The Morgan fingerprint density at radius 2 is 2.18 bits per heavy atom. The summed E-state index contributed by atoms with van der Waals surface area (Å²) < 4.78 is 5.09. The highest BCUT2D eigenvalue weighted by atomic mass is 16.8. The minimum Gasteiger partial charge on any atom is -0.496 e. The Labute approximate surface area is 100 Å². The molecule has 5 nitrogen and oxygen atoms in total. The molecule has 0 aromatic heterocycles. The van der Waals surface area contributed by atoms with E-state index in [4.69, 9.17) is 4.74 Å². The van der Waals surface area contributed by atoms with E-state index in [2.05, 4.69) is 10.2 Å². The monoisotopic (exact) mass is 237 g/mol. The number of rotatable bonds is 6. The zero-order chi connectivity index (χ0) is 12.3. The lowest BCUT2D eigenvalue weighted by Gasteiger charge is -2.06. The van der Waals surface area contributed by atoms with Gasteiger partial charge in [-0.3, -0.25) is 0 Å². The molecule has 0 unspecified atom stereocenters. The molecular formula is C12H17N2O3+. The Balaban J connectivity index is 2.18. The molecule has 1 aromatic carbocycles. The molecule has 1 N–H and O–H groups in total. The summed E-state index contributed by atoms with van der Waals surface area (Å²) >= 11 is 0. The lowest BCUT2D eigenvalue weighted by atomic mass is 10.2. The third-order valence-corrected chi connectivity index (χ3v) is 2.85. The number of nitrogens with zero attached hydrogens (tertiary/aromatic N) is 1. The van der Waals surface area contributed by atoms with E-state index in [9.17, 15) is 4.91 Å². The van der Waals surface area contributed by atoms with Crippen LogP contribution in [0, 0.1) is 10.8 Å². The van der Waals surface area contributed by atoms with Crippen LogP contribution >= 0.6 is 0 Å². The molecule has 0 spiro atoms. The molecule has 1 fully saturated rings. The Morgan fingerprint density at radius 3 is 2.76 bits per heavy atom. The second kappa shape index (κ2) is 5.03. The van der Waals surface area contributed by atoms with Gasteiger partial charge in [0.15, 0.2) is 7.11 Å². The topological polar surface area (TPSA) is 50.6 Å². The molecule has 0 saturated heterocycles. The highest BCUT2D eigenvalue weighted by Crippen LogP contribution is 2.33. The van der Waals surface area contributed by atoms with Crippen molar-refractivity contribution in [1.82, 2.24) is 0 Å². The smallest absolute Gasteiger partial charge is 0.343 e. The average molecular weight is 237 g/mol. The van der Waals surface area contributed by atoms with E-state index in [1.807, 2.05) is 12.1 Å². The zero-order valence-corrected chi connectivity index (χ0v) is 10.1. The molecule has 1 aromatic rings. The molecule has 2 rings (SSSR count). The largest absolute Gasteiger partial charge is 0.496 e. The summed E-state index contributed by atoms with van der Waals surface area (Å²) in [5.74, 6) is 1.38. The van der Waals surface area contributed by atoms with Crippen molar-refractivity contribution in [2.24, 2.45) is 5.92 Å². The van der Waals surface area contributed by atoms with Gasteiger partial charge in [0.2, 0.25) is 0 Å². The van der Waals surface area contributed by atoms with Gasteiger partial charge in [0.25, 0.3) is 4.92 Å². The first-order valence-corrected chi connectivity index (χ1v) is 5.68. The molecule has 0 heterocycles. The fourth-order valence-corrected chi connectivity index (χ4v) is 1.61. The van der Waals surface area contributed by atoms with Crippen LogP contribution in [0.1, 0.15) is 12.8 Å². The number of benzene rings is 1. The highest BCUT2D eigenvalue weighted by molar-refractivity contribution is 5.63. The maximum absolute atomic E-state index is 11.6. The third kappa shape index (κ3) is 2.87. The highest BCUT2D eigenvalue weighted by Gasteiger charge is 2.25. The number of hydrogen-bond donors (Lipinski definition) is 1. The van der Waals surface area contributed by atoms with Gasteiger partial charge in [0.1, 0.15) is 11.4 Å². The van der Waals surface area contributed by atoms with Crippen molar-refractivity contribution in [3.63, 3.8) is 0 Å². The Kier molecular flexibility index (Phi) is 3.46. The predicted molar refractivity (Wildman–Crippen MR) is 64.5 cm³/mol. The van der Waals surface area contributed by atoms with E-state index < -0.39 is 0 Å². The summed E-state index contributed by atoms with van der Waals surface area (Å²) in [6.45, 7) is 0.900. The molecule has 1 aliphatic carbocycles. The van der Waals surface area contributed by atoms with Crippen LogP contribution in [0.15, 0.2) is 18.2 Å². The van der Waals surface area contributed by atoms with Crippen molar-refractivity contribution >= 4 is 11.4 Å². The van der Waals surface area contributed by atoms with Gasteiger partial charge in [-0.25, -0.2) is 4.84 Å². The number of anilines is 1. The lowest BCUT2D eigenvalue weighted by molar-refractivity contribution is -0.736. The quantitative estimate of drug-likeness (QED) is 0.772. The van der Waals surface area contributed by atoms with Crippen LogP contribution in [-0.4, -0.2) is 25.7 Å². The molecule has 1 saturated carbocycles. The summed E-state index contributed by atoms with van der Waals surface area (Å²) in [4.78, 5) is 16.7. The molecule has 1 aliphatic rings. The SMILES string of the molecule is COc1ccc(NCC2CC2)c([N+](=O)OC)c1. The molecule has 0 atom stereocenters. The van der Waals surface area contributed by atoms with Crippen LogP contribution < -0.4 is 10.1 Å². The first kappa shape index (κ1) is 11.7. The van der Waals surface area contributed by atoms with E-state index in [0.29, 0.717) is 16.4 Å². The number of nitrogens with one attached hydrogen (secondary N) is 1. The van der Waals surface area contributed by atoms with Crippen molar-refractivity contribution in [1.29, 1.82) is 0 Å². The third-order valence-electron chi connectivity index (χ3n) is 2.85. The van der Waals surface area contributed by atoms with Gasteiger partial charge in [0, 0.05) is 6.54 Å². The van der Waals surface area contributed by atoms with E-state index in [-0.39, 0.29) is 0 Å². The number of hydrogen-bond acceptors (Lipinski definition) is 4. The molecule has 0 amide bonds. The van der Waals surface area contributed by atoms with E-state index in [1.165, 1.54) is 20.0 Å². The maximum Gasteiger partial charge on any atom is 0.343 e. The van der Waals surface area contributed by atoms with Crippen LogP contribution in [-0.2, 0) is 4.84 Å². The Morgan fingerprint density at radius 1 is 1.41 bits per heavy atom. The summed E-state index contributed by atoms with van der Waals surface area (Å²) in [5.41, 5.74) is 1.21. The fraction of sp³-hybridized carbons (Fsp3) is 0.500. The van der Waals surface area contributed by atoms with Crippen molar-refractivity contribution in [2.45, 2.75) is 12.8 Å². The zero-order valence-electron chi connectivity index (χ0n) is 10.1. The Bertz CT molecular complexity index is 416. The first-order chi connectivity index (χ1) is 8.24. The Hall–Kier alpha value is -1.78. The van der Waals surface area contributed by atoms with Crippen molar-refractivity contribution in [3.05, 3.63) is 23.1 Å². The molecule has 5 heteroatoms. The molecule has 0 radical (unpaired) electrons. The molecule has 0 aliphatic heterocycles. The summed E-state index contributed by atoms with van der Waals surface area (Å²) in [6.07, 6.45) is 2.54. The summed E-state index contributed by atoms with van der Waals surface area (Å²) in [6, 6.07) is 5.31. The van der Waals surface area contributed by atoms with Crippen LogP contribution in [0.4, 0.5) is 11.4 Å². The standard InChI is InChI=1S/C12H17N2O3/c1-16-10-5-6-11(13-8-9-3-4-9)12(7-10)14(15)17-2/h5-7,9,13H,3-4,8H2,1-2H3/q+1.